The molecular formula is C26H34N2O6. The van der Waals surface area contributed by atoms with Crippen LogP contribution in [-0.2, 0) is 17.6 Å². The number of benzene rings is 2. The van der Waals surface area contributed by atoms with E-state index in [-0.39, 0.29) is 36.4 Å². The number of phenols is 2. The zero-order valence-corrected chi connectivity index (χ0v) is 20.8. The van der Waals surface area contributed by atoms with Crippen LogP contribution in [0.1, 0.15) is 45.5 Å². The van der Waals surface area contributed by atoms with Crippen LogP contribution >= 0.6 is 0 Å². The summed E-state index contributed by atoms with van der Waals surface area (Å²) in [5.74, 6) is 2.32. The largest absolute Gasteiger partial charge is 0.507 e. The minimum absolute atomic E-state index is 0.00659. The number of methoxy groups -OCH3 is 2. The summed E-state index contributed by atoms with van der Waals surface area (Å²) in [7, 11) is 7.37. The third-order valence-electron chi connectivity index (χ3n) is 7.69. The number of fused-ring (bicyclic) bond motifs is 5. The van der Waals surface area contributed by atoms with Gasteiger partial charge < -0.3 is 34.1 Å². The summed E-state index contributed by atoms with van der Waals surface area (Å²) in [5, 5.41) is 22.6. The maximum absolute atomic E-state index is 11.4. The lowest BCUT2D eigenvalue weighted by molar-refractivity contribution is 0.0194. The molecule has 0 aromatic heterocycles. The van der Waals surface area contributed by atoms with Crippen molar-refractivity contribution in [2.45, 2.75) is 44.8 Å². The first-order valence-electron chi connectivity index (χ1n) is 11.7. The van der Waals surface area contributed by atoms with Crippen molar-refractivity contribution in [2.75, 3.05) is 48.3 Å². The van der Waals surface area contributed by atoms with Gasteiger partial charge in [-0.05, 0) is 51.9 Å². The van der Waals surface area contributed by atoms with E-state index in [1.54, 1.807) is 14.2 Å². The lowest BCUT2D eigenvalue weighted by atomic mass is 9.81. The molecule has 0 saturated heterocycles. The summed E-state index contributed by atoms with van der Waals surface area (Å²) >= 11 is 0. The van der Waals surface area contributed by atoms with E-state index in [0.29, 0.717) is 35.8 Å². The van der Waals surface area contributed by atoms with Gasteiger partial charge in [0.15, 0.2) is 23.0 Å². The number of aromatic hydroxyl groups is 2. The average Bonchev–Trinajstić information content (AvgIpc) is 3.22. The van der Waals surface area contributed by atoms with Crippen LogP contribution in [0.5, 0.6) is 28.7 Å². The highest BCUT2D eigenvalue weighted by Crippen LogP contribution is 2.55. The molecule has 3 heterocycles. The molecule has 2 aromatic carbocycles. The molecule has 0 spiro atoms. The van der Waals surface area contributed by atoms with Crippen molar-refractivity contribution >= 4 is 0 Å². The molecule has 184 valence electrons. The van der Waals surface area contributed by atoms with Crippen molar-refractivity contribution in [3.05, 3.63) is 39.4 Å². The van der Waals surface area contributed by atoms with Gasteiger partial charge in [0.25, 0.3) is 0 Å². The lowest BCUT2D eigenvalue weighted by Crippen LogP contribution is -2.50. The monoisotopic (exact) mass is 470 g/mol. The molecule has 0 amide bonds. The molecule has 0 aliphatic carbocycles. The van der Waals surface area contributed by atoms with E-state index < -0.39 is 0 Å². The molecule has 3 aliphatic rings. The Hall–Kier alpha value is -2.68. The van der Waals surface area contributed by atoms with Crippen molar-refractivity contribution in [2.24, 2.45) is 0 Å². The van der Waals surface area contributed by atoms with Gasteiger partial charge in [-0.25, -0.2) is 0 Å². The molecular weight excluding hydrogens is 436 g/mol. The average molecular weight is 471 g/mol. The number of likely N-dealkylation sites (N-methyl/N-ethyl adjacent to an activating group) is 1. The molecule has 5 rings (SSSR count). The molecule has 3 unspecified atom stereocenters. The van der Waals surface area contributed by atoms with E-state index in [1.807, 2.05) is 27.9 Å². The van der Waals surface area contributed by atoms with Crippen LogP contribution in [0.3, 0.4) is 0 Å². The zero-order valence-electron chi connectivity index (χ0n) is 20.8. The highest BCUT2D eigenvalue weighted by atomic mass is 16.7. The van der Waals surface area contributed by atoms with Gasteiger partial charge in [-0.1, -0.05) is 6.07 Å². The summed E-state index contributed by atoms with van der Waals surface area (Å²) in [4.78, 5) is 4.61. The number of hydrogen-bond acceptors (Lipinski definition) is 8. The molecule has 0 fully saturated rings. The number of hydrogen-bond donors (Lipinski definition) is 2. The van der Waals surface area contributed by atoms with Gasteiger partial charge in [0.05, 0.1) is 25.8 Å². The predicted molar refractivity (Wildman–Crippen MR) is 127 cm³/mol. The van der Waals surface area contributed by atoms with Crippen molar-refractivity contribution in [3.8, 4) is 28.7 Å². The Morgan fingerprint density at radius 1 is 1.09 bits per heavy atom. The topological polar surface area (TPSA) is 83.9 Å². The van der Waals surface area contributed by atoms with E-state index in [2.05, 4.69) is 15.9 Å². The lowest BCUT2D eigenvalue weighted by Gasteiger charge is -2.47. The van der Waals surface area contributed by atoms with E-state index >= 15 is 0 Å². The number of rotatable bonds is 4. The summed E-state index contributed by atoms with van der Waals surface area (Å²) < 4.78 is 23.0. The summed E-state index contributed by atoms with van der Waals surface area (Å²) in [6.07, 6.45) is 1.39. The van der Waals surface area contributed by atoms with Crippen molar-refractivity contribution in [3.63, 3.8) is 0 Å². The maximum Gasteiger partial charge on any atom is 0.231 e. The van der Waals surface area contributed by atoms with E-state index in [0.717, 1.165) is 40.8 Å². The molecule has 3 aliphatic heterocycles. The molecule has 2 aromatic rings. The Morgan fingerprint density at radius 3 is 2.50 bits per heavy atom. The second-order valence-electron chi connectivity index (χ2n) is 9.72. The highest BCUT2D eigenvalue weighted by molar-refractivity contribution is 5.65. The van der Waals surface area contributed by atoms with Gasteiger partial charge in [0.2, 0.25) is 6.79 Å². The first kappa shape index (κ1) is 23.1. The van der Waals surface area contributed by atoms with Crippen LogP contribution < -0.4 is 14.2 Å². The van der Waals surface area contributed by atoms with Gasteiger partial charge in [0.1, 0.15) is 5.75 Å². The fraction of sp³-hybridized carbons (Fsp3) is 0.538. The van der Waals surface area contributed by atoms with Gasteiger partial charge in [-0.15, -0.1) is 0 Å². The summed E-state index contributed by atoms with van der Waals surface area (Å²) in [6, 6.07) is 1.89. The maximum atomic E-state index is 11.4. The normalized spacial score (nSPS) is 23.3. The van der Waals surface area contributed by atoms with Gasteiger partial charge in [-0.3, -0.25) is 4.90 Å². The van der Waals surface area contributed by atoms with E-state index in [9.17, 15) is 10.2 Å². The Balaban J connectivity index is 1.73. The second-order valence-corrected chi connectivity index (χ2v) is 9.72. The molecule has 34 heavy (non-hydrogen) atoms. The third-order valence-corrected chi connectivity index (χ3v) is 7.69. The third kappa shape index (κ3) is 3.23. The van der Waals surface area contributed by atoms with E-state index in [1.165, 1.54) is 0 Å². The zero-order chi connectivity index (χ0) is 24.3. The highest BCUT2D eigenvalue weighted by Gasteiger charge is 2.47. The summed E-state index contributed by atoms with van der Waals surface area (Å²) in [6.45, 7) is 5.21. The number of nitrogens with zero attached hydrogens (tertiary/aromatic N) is 2. The molecule has 2 N–H and O–H groups in total. The fourth-order valence-corrected chi connectivity index (χ4v) is 6.29. The quantitative estimate of drug-likeness (QED) is 0.705. The van der Waals surface area contributed by atoms with Crippen LogP contribution in [-0.4, -0.2) is 74.3 Å². The Labute approximate surface area is 200 Å². The van der Waals surface area contributed by atoms with Crippen molar-refractivity contribution in [1.29, 1.82) is 0 Å². The van der Waals surface area contributed by atoms with Gasteiger partial charge in [-0.2, -0.15) is 0 Å². The van der Waals surface area contributed by atoms with Crippen molar-refractivity contribution < 1.29 is 29.2 Å². The van der Waals surface area contributed by atoms with Crippen LogP contribution in [0.15, 0.2) is 6.07 Å². The minimum Gasteiger partial charge on any atom is -0.507 e. The molecule has 0 bridgehead atoms. The molecule has 0 radical (unpaired) electrons. The molecule has 0 saturated carbocycles. The SMILES string of the molecule is COCC1c2c(c(O)c(C)c3c2OCO3)CC2C(N(C)C)c3c(cc(C)c(OC)c3O)CCN12. The minimum atomic E-state index is -0.123. The molecule has 3 atom stereocenters. The molecule has 8 nitrogen and oxygen atoms in total. The predicted octanol–water partition coefficient (Wildman–Crippen LogP) is 3.23. The van der Waals surface area contributed by atoms with Crippen LogP contribution in [0, 0.1) is 13.8 Å². The van der Waals surface area contributed by atoms with E-state index in [4.69, 9.17) is 18.9 Å². The Bertz CT molecular complexity index is 1130. The van der Waals surface area contributed by atoms with Gasteiger partial charge in [0, 0.05) is 42.0 Å². The van der Waals surface area contributed by atoms with Crippen molar-refractivity contribution in [1.82, 2.24) is 9.80 Å². The number of ether oxygens (including phenoxy) is 4. The van der Waals surface area contributed by atoms with Crippen LogP contribution in [0.2, 0.25) is 0 Å². The van der Waals surface area contributed by atoms with Crippen LogP contribution in [0.4, 0.5) is 0 Å². The first-order valence-corrected chi connectivity index (χ1v) is 11.7. The van der Waals surface area contributed by atoms with Crippen LogP contribution in [0.25, 0.3) is 0 Å². The first-order chi connectivity index (χ1) is 16.3. The number of phenolic OH excluding ortho intramolecular Hbond substituents is 2. The fourth-order valence-electron chi connectivity index (χ4n) is 6.29. The second kappa shape index (κ2) is 8.52. The Morgan fingerprint density at radius 2 is 1.82 bits per heavy atom. The summed E-state index contributed by atoms with van der Waals surface area (Å²) in [5.41, 5.74) is 5.47. The Kier molecular flexibility index (Phi) is 5.78. The smallest absolute Gasteiger partial charge is 0.231 e. The number of aryl methyl sites for hydroxylation is 1. The molecule has 8 heteroatoms. The standard InChI is InChI=1S/C26H34N2O6/c1-13-9-15-7-8-28-17(21(27(3)4)19(15)23(30)24(13)32-6)10-16-20(18(28)11-31-5)26-25(33-12-34-26)14(2)22(16)29/h9,17-18,21,29-30H,7-8,10-12H2,1-6H3. The van der Waals surface area contributed by atoms with Gasteiger partial charge >= 0.3 is 0 Å².